The second kappa shape index (κ2) is 5.76. The van der Waals surface area contributed by atoms with Crippen molar-refractivity contribution in [1.29, 1.82) is 0 Å². The minimum absolute atomic E-state index is 0.0938. The number of allylic oxidation sites excluding steroid dienone is 1. The van der Waals surface area contributed by atoms with Gasteiger partial charge in [-0.1, -0.05) is 19.1 Å². The Kier molecular flexibility index (Phi) is 3.96. The molecule has 118 valence electrons. The van der Waals surface area contributed by atoms with Crippen molar-refractivity contribution >= 4 is 5.78 Å². The smallest absolute Gasteiger partial charge is 0.161 e. The fourth-order valence-corrected chi connectivity index (χ4v) is 3.92. The number of hydrogen-bond acceptors (Lipinski definition) is 4. The van der Waals surface area contributed by atoms with E-state index in [1.165, 1.54) is 5.56 Å². The van der Waals surface area contributed by atoms with E-state index < -0.39 is 0 Å². The number of ketones is 1. The van der Waals surface area contributed by atoms with E-state index in [1.807, 2.05) is 6.07 Å². The lowest BCUT2D eigenvalue weighted by Gasteiger charge is -2.38. The van der Waals surface area contributed by atoms with Crippen LogP contribution in [0, 0.1) is 0 Å². The fourth-order valence-electron chi connectivity index (χ4n) is 3.92. The summed E-state index contributed by atoms with van der Waals surface area (Å²) >= 11 is 0. The molecular weight excluding hydrogens is 278 g/mol. The average Bonchev–Trinajstić information content (AvgIpc) is 2.93. The van der Waals surface area contributed by atoms with Crippen molar-refractivity contribution in [1.82, 2.24) is 4.90 Å². The number of likely N-dealkylation sites (tertiary alicyclic amines) is 1. The summed E-state index contributed by atoms with van der Waals surface area (Å²) < 4.78 is 10.8. The van der Waals surface area contributed by atoms with Gasteiger partial charge in [-0.05, 0) is 43.3 Å². The zero-order valence-corrected chi connectivity index (χ0v) is 13.5. The summed E-state index contributed by atoms with van der Waals surface area (Å²) in [5.74, 6) is 1.70. The topological polar surface area (TPSA) is 38.8 Å². The zero-order chi connectivity index (χ0) is 15.7. The molecule has 4 nitrogen and oxygen atoms in total. The van der Waals surface area contributed by atoms with E-state index in [0.29, 0.717) is 6.42 Å². The van der Waals surface area contributed by atoms with Crippen LogP contribution in [0.25, 0.3) is 0 Å². The molecule has 1 saturated heterocycles. The number of fused-ring (bicyclic) bond motifs is 1. The van der Waals surface area contributed by atoms with Gasteiger partial charge in [-0.25, -0.2) is 0 Å². The Morgan fingerprint density at radius 1 is 1.27 bits per heavy atom. The lowest BCUT2D eigenvalue weighted by molar-refractivity contribution is -0.116. The third kappa shape index (κ3) is 2.22. The van der Waals surface area contributed by atoms with Gasteiger partial charge < -0.3 is 9.47 Å². The Morgan fingerprint density at radius 3 is 2.73 bits per heavy atom. The number of carbonyl (C=O) groups is 1. The van der Waals surface area contributed by atoms with Crippen molar-refractivity contribution < 1.29 is 14.3 Å². The predicted octanol–water partition coefficient (Wildman–Crippen LogP) is 2.56. The number of ether oxygens (including phenoxy) is 2. The van der Waals surface area contributed by atoms with E-state index >= 15 is 0 Å². The first kappa shape index (κ1) is 15.1. The summed E-state index contributed by atoms with van der Waals surface area (Å²) in [6, 6.07) is 6.37. The largest absolute Gasteiger partial charge is 0.493 e. The first-order valence-corrected chi connectivity index (χ1v) is 7.83. The fraction of sp³-hybridized carbons (Fsp3) is 0.500. The normalized spacial score (nSPS) is 27.8. The van der Waals surface area contributed by atoms with E-state index in [4.69, 9.17) is 9.47 Å². The predicted molar refractivity (Wildman–Crippen MR) is 85.6 cm³/mol. The Bertz CT molecular complexity index is 610. The molecule has 2 aliphatic rings. The molecule has 1 aromatic rings. The molecule has 0 N–H and O–H groups in total. The lowest BCUT2D eigenvalue weighted by atomic mass is 9.69. The van der Waals surface area contributed by atoms with E-state index in [9.17, 15) is 4.79 Å². The van der Waals surface area contributed by atoms with E-state index in [-0.39, 0.29) is 17.2 Å². The molecule has 2 atom stereocenters. The molecule has 0 saturated carbocycles. The van der Waals surface area contributed by atoms with Gasteiger partial charge in [0.05, 0.1) is 14.2 Å². The van der Waals surface area contributed by atoms with Crippen LogP contribution < -0.4 is 9.47 Å². The number of nitrogens with zero attached hydrogens (tertiary/aromatic N) is 1. The van der Waals surface area contributed by atoms with Gasteiger partial charge in [0, 0.05) is 17.9 Å². The number of benzene rings is 1. The number of methoxy groups -OCH3 is 2. The van der Waals surface area contributed by atoms with Gasteiger partial charge >= 0.3 is 0 Å². The van der Waals surface area contributed by atoms with Crippen LogP contribution in [0.1, 0.15) is 25.3 Å². The average molecular weight is 301 g/mol. The molecule has 0 radical (unpaired) electrons. The molecule has 0 spiro atoms. The number of likely N-dealkylation sites (N-methyl/N-ethyl adjacent to an activating group) is 1. The second-order valence-corrected chi connectivity index (χ2v) is 6.01. The molecule has 0 amide bonds. The minimum Gasteiger partial charge on any atom is -0.493 e. The summed E-state index contributed by atoms with van der Waals surface area (Å²) in [7, 11) is 3.30. The molecule has 22 heavy (non-hydrogen) atoms. The first-order chi connectivity index (χ1) is 10.6. The van der Waals surface area contributed by atoms with Crippen molar-refractivity contribution in [3.8, 4) is 11.5 Å². The van der Waals surface area contributed by atoms with Crippen molar-refractivity contribution in [2.24, 2.45) is 0 Å². The highest BCUT2D eigenvalue weighted by molar-refractivity contribution is 5.92. The van der Waals surface area contributed by atoms with Crippen LogP contribution in [-0.2, 0) is 10.2 Å². The number of hydrogen-bond donors (Lipinski definition) is 0. The van der Waals surface area contributed by atoms with Crippen molar-refractivity contribution in [3.05, 3.63) is 35.9 Å². The Morgan fingerprint density at radius 2 is 2.05 bits per heavy atom. The summed E-state index contributed by atoms with van der Waals surface area (Å²) in [5, 5.41) is 0. The highest BCUT2D eigenvalue weighted by atomic mass is 16.5. The van der Waals surface area contributed by atoms with Crippen LogP contribution in [0.3, 0.4) is 0 Å². The molecule has 1 fully saturated rings. The Labute approximate surface area is 131 Å². The van der Waals surface area contributed by atoms with Crippen LogP contribution in [0.4, 0.5) is 0 Å². The van der Waals surface area contributed by atoms with Crippen molar-refractivity contribution in [2.45, 2.75) is 31.2 Å². The third-order valence-corrected chi connectivity index (χ3v) is 5.14. The standard InChI is InChI=1S/C18H23NO3/c1-4-19-10-9-18(8-7-14(20)12-17(18)19)13-5-6-15(21-2)16(11-13)22-3/h5-8,11,17H,4,9-10,12H2,1-3H3/t17-,18+/m1/s1. The molecule has 1 heterocycles. The maximum atomic E-state index is 11.9. The SMILES string of the molecule is CCN1CC[C@]2(c3ccc(OC)c(OC)c3)C=CC(=O)C[C@@H]12. The van der Waals surface area contributed by atoms with Crippen molar-refractivity contribution in [2.75, 3.05) is 27.3 Å². The molecule has 1 aliphatic heterocycles. The monoisotopic (exact) mass is 301 g/mol. The molecule has 4 heteroatoms. The van der Waals surface area contributed by atoms with Crippen molar-refractivity contribution in [3.63, 3.8) is 0 Å². The minimum atomic E-state index is -0.0938. The Hall–Kier alpha value is -1.81. The van der Waals surface area contributed by atoms with Crippen LogP contribution in [0.15, 0.2) is 30.4 Å². The van der Waals surface area contributed by atoms with E-state index in [1.54, 1.807) is 20.3 Å². The summed E-state index contributed by atoms with van der Waals surface area (Å²) in [6.45, 7) is 4.15. The van der Waals surface area contributed by atoms with Gasteiger partial charge in [0.2, 0.25) is 0 Å². The van der Waals surface area contributed by atoms with Gasteiger partial charge in [-0.2, -0.15) is 0 Å². The molecular formula is C18H23NO3. The quantitative estimate of drug-likeness (QED) is 0.857. The van der Waals surface area contributed by atoms with Crippen LogP contribution in [-0.4, -0.2) is 44.0 Å². The van der Waals surface area contributed by atoms with Crippen LogP contribution in [0.2, 0.25) is 0 Å². The molecule has 0 unspecified atom stereocenters. The van der Waals surface area contributed by atoms with Gasteiger partial charge in [-0.3, -0.25) is 9.69 Å². The highest BCUT2D eigenvalue weighted by Gasteiger charge is 2.48. The maximum absolute atomic E-state index is 11.9. The van der Waals surface area contributed by atoms with E-state index in [0.717, 1.165) is 31.0 Å². The summed E-state index contributed by atoms with van der Waals surface area (Å²) in [4.78, 5) is 14.3. The highest BCUT2D eigenvalue weighted by Crippen LogP contribution is 2.46. The molecule has 0 aromatic heterocycles. The van der Waals surface area contributed by atoms with Gasteiger partial charge in [-0.15, -0.1) is 0 Å². The molecule has 3 rings (SSSR count). The molecule has 1 aliphatic carbocycles. The molecule has 1 aromatic carbocycles. The van der Waals surface area contributed by atoms with Gasteiger partial charge in [0.1, 0.15) is 0 Å². The maximum Gasteiger partial charge on any atom is 0.161 e. The van der Waals surface area contributed by atoms with Crippen LogP contribution >= 0.6 is 0 Å². The third-order valence-electron chi connectivity index (χ3n) is 5.14. The lowest BCUT2D eigenvalue weighted by Crippen LogP contribution is -2.44. The Balaban J connectivity index is 2.08. The second-order valence-electron chi connectivity index (χ2n) is 6.01. The first-order valence-electron chi connectivity index (χ1n) is 7.83. The van der Waals surface area contributed by atoms with Gasteiger partial charge in [0.25, 0.3) is 0 Å². The summed E-state index contributed by atoms with van der Waals surface area (Å²) in [6.07, 6.45) is 5.50. The number of rotatable bonds is 4. The number of carbonyl (C=O) groups excluding carboxylic acids is 1. The van der Waals surface area contributed by atoms with Crippen LogP contribution in [0.5, 0.6) is 11.5 Å². The van der Waals surface area contributed by atoms with E-state index in [2.05, 4.69) is 30.0 Å². The zero-order valence-electron chi connectivity index (χ0n) is 13.5. The molecule has 0 bridgehead atoms. The van der Waals surface area contributed by atoms with Gasteiger partial charge in [0.15, 0.2) is 17.3 Å². The summed E-state index contributed by atoms with van der Waals surface area (Å²) in [5.41, 5.74) is 1.11.